The number of imide groups is 1. The number of hydrogen-bond acceptors (Lipinski definition) is 5. The van der Waals surface area contributed by atoms with Crippen LogP contribution in [0.15, 0.2) is 54.7 Å². The lowest BCUT2D eigenvalue weighted by Gasteiger charge is -2.19. The molecule has 4 rings (SSSR count). The van der Waals surface area contributed by atoms with Crippen LogP contribution in [0.1, 0.15) is 18.9 Å². The summed E-state index contributed by atoms with van der Waals surface area (Å²) in [5.41, 5.74) is 2.09. The average Bonchev–Trinajstić information content (AvgIpc) is 3.26. The Hall–Kier alpha value is -2.93. The zero-order valence-corrected chi connectivity index (χ0v) is 16.8. The number of phenolic OH excluding ortho intramolecular Hbond substituents is 1. The van der Waals surface area contributed by atoms with E-state index in [9.17, 15) is 14.7 Å². The number of hydrogen-bond donors (Lipinski definition) is 2. The summed E-state index contributed by atoms with van der Waals surface area (Å²) in [5, 5.41) is 12.7. The monoisotopic (exact) mass is 410 g/mol. The number of thioether (sulfide) groups is 1. The molecular formula is C22H22N2O4S. The molecular weight excluding hydrogens is 388 g/mol. The smallest absolute Gasteiger partial charge is 0.286 e. The van der Waals surface area contributed by atoms with Crippen LogP contribution in [0.3, 0.4) is 0 Å². The van der Waals surface area contributed by atoms with Crippen LogP contribution in [0.5, 0.6) is 11.5 Å². The maximum atomic E-state index is 11.9. The number of para-hydroxylation sites is 2. The quantitative estimate of drug-likeness (QED) is 0.613. The Kier molecular flexibility index (Phi) is 5.49. The highest BCUT2D eigenvalue weighted by atomic mass is 32.2. The Morgan fingerprint density at radius 3 is 2.72 bits per heavy atom. The number of carbonyl (C=O) groups excluding carboxylic acids is 2. The van der Waals surface area contributed by atoms with E-state index in [2.05, 4.69) is 16.8 Å². The molecule has 1 aliphatic heterocycles. The molecule has 1 saturated heterocycles. The minimum atomic E-state index is -0.385. The summed E-state index contributed by atoms with van der Waals surface area (Å²) < 4.78 is 8.14. The number of fused-ring (bicyclic) bond motifs is 1. The fourth-order valence-electron chi connectivity index (χ4n) is 3.56. The molecule has 1 aliphatic rings. The third kappa shape index (κ3) is 4.10. The SMILES string of the molecule is CCC(Cn1ccc2c(CC3SC(=O)NC3=O)cccc21)Oc1ccccc1O. The summed E-state index contributed by atoms with van der Waals surface area (Å²) in [6.07, 6.45) is 3.21. The summed E-state index contributed by atoms with van der Waals surface area (Å²) in [7, 11) is 0. The number of nitrogens with one attached hydrogen (secondary N) is 1. The topological polar surface area (TPSA) is 80.6 Å². The zero-order chi connectivity index (χ0) is 20.4. The molecule has 0 saturated carbocycles. The molecule has 0 spiro atoms. The van der Waals surface area contributed by atoms with Gasteiger partial charge in [0, 0.05) is 17.1 Å². The van der Waals surface area contributed by atoms with Crippen molar-refractivity contribution in [3.8, 4) is 11.5 Å². The maximum Gasteiger partial charge on any atom is 0.286 e. The van der Waals surface area contributed by atoms with Crippen LogP contribution in [0.4, 0.5) is 4.79 Å². The molecule has 1 fully saturated rings. The first kappa shape index (κ1) is 19.4. The van der Waals surface area contributed by atoms with Gasteiger partial charge in [0.1, 0.15) is 6.10 Å². The highest BCUT2D eigenvalue weighted by Crippen LogP contribution is 2.29. The van der Waals surface area contributed by atoms with E-state index in [4.69, 9.17) is 4.74 Å². The lowest BCUT2D eigenvalue weighted by molar-refractivity contribution is -0.118. The Balaban J connectivity index is 1.55. The molecule has 6 nitrogen and oxygen atoms in total. The highest BCUT2D eigenvalue weighted by molar-refractivity contribution is 8.15. The second-order valence-electron chi connectivity index (χ2n) is 7.02. The average molecular weight is 410 g/mol. The highest BCUT2D eigenvalue weighted by Gasteiger charge is 2.32. The van der Waals surface area contributed by atoms with Gasteiger partial charge < -0.3 is 14.4 Å². The first-order chi connectivity index (χ1) is 14.0. The molecule has 2 unspecified atom stereocenters. The van der Waals surface area contributed by atoms with Crippen LogP contribution >= 0.6 is 11.8 Å². The fourth-order valence-corrected chi connectivity index (χ4v) is 4.40. The molecule has 2 atom stereocenters. The van der Waals surface area contributed by atoms with Crippen molar-refractivity contribution < 1.29 is 19.4 Å². The van der Waals surface area contributed by atoms with Gasteiger partial charge in [0.25, 0.3) is 5.24 Å². The van der Waals surface area contributed by atoms with Crippen LogP contribution in [0.2, 0.25) is 0 Å². The molecule has 0 radical (unpaired) electrons. The number of benzene rings is 2. The Labute approximate surface area is 172 Å². The predicted octanol–water partition coefficient (Wildman–Crippen LogP) is 4.10. The van der Waals surface area contributed by atoms with Gasteiger partial charge in [0.05, 0.1) is 11.8 Å². The van der Waals surface area contributed by atoms with E-state index in [1.807, 2.05) is 36.5 Å². The van der Waals surface area contributed by atoms with Crippen LogP contribution in [0.25, 0.3) is 10.9 Å². The van der Waals surface area contributed by atoms with Crippen molar-refractivity contribution in [3.05, 3.63) is 60.3 Å². The fraction of sp³-hybridized carbons (Fsp3) is 0.273. The minimum absolute atomic E-state index is 0.101. The van der Waals surface area contributed by atoms with Gasteiger partial charge in [-0.2, -0.15) is 0 Å². The van der Waals surface area contributed by atoms with Crippen molar-refractivity contribution in [2.45, 2.75) is 37.7 Å². The number of aromatic hydroxyl groups is 1. The molecule has 150 valence electrons. The van der Waals surface area contributed by atoms with Crippen LogP contribution in [-0.2, 0) is 17.8 Å². The van der Waals surface area contributed by atoms with Crippen molar-refractivity contribution in [3.63, 3.8) is 0 Å². The maximum absolute atomic E-state index is 11.9. The number of rotatable bonds is 7. The molecule has 2 amide bonds. The van der Waals surface area contributed by atoms with E-state index in [0.717, 1.165) is 34.6 Å². The minimum Gasteiger partial charge on any atom is -0.504 e. The van der Waals surface area contributed by atoms with Crippen molar-refractivity contribution in [2.75, 3.05) is 0 Å². The number of aromatic nitrogens is 1. The first-order valence-electron chi connectivity index (χ1n) is 9.58. The van der Waals surface area contributed by atoms with Crippen molar-refractivity contribution in [1.82, 2.24) is 9.88 Å². The molecule has 2 heterocycles. The Bertz CT molecular complexity index is 1060. The number of amides is 2. The van der Waals surface area contributed by atoms with Crippen molar-refractivity contribution in [1.29, 1.82) is 0 Å². The summed E-state index contributed by atoms with van der Waals surface area (Å²) >= 11 is 1.05. The Morgan fingerprint density at radius 2 is 2.00 bits per heavy atom. The zero-order valence-electron chi connectivity index (χ0n) is 16.0. The molecule has 0 aliphatic carbocycles. The third-order valence-corrected chi connectivity index (χ3v) is 6.07. The normalized spacial score (nSPS) is 17.5. The molecule has 7 heteroatoms. The van der Waals surface area contributed by atoms with Gasteiger partial charge in [-0.25, -0.2) is 0 Å². The number of nitrogens with zero attached hydrogens (tertiary/aromatic N) is 1. The lowest BCUT2D eigenvalue weighted by Crippen LogP contribution is -2.25. The van der Waals surface area contributed by atoms with E-state index in [1.54, 1.807) is 18.2 Å². The van der Waals surface area contributed by atoms with Crippen LogP contribution in [0, 0.1) is 0 Å². The van der Waals surface area contributed by atoms with E-state index in [0.29, 0.717) is 18.7 Å². The summed E-state index contributed by atoms with van der Waals surface area (Å²) in [5.74, 6) is 0.386. The Morgan fingerprint density at radius 1 is 1.17 bits per heavy atom. The van der Waals surface area contributed by atoms with Gasteiger partial charge >= 0.3 is 0 Å². The summed E-state index contributed by atoms with van der Waals surface area (Å²) in [6, 6.07) is 15.0. The second kappa shape index (κ2) is 8.21. The summed E-state index contributed by atoms with van der Waals surface area (Å²) in [4.78, 5) is 23.4. The molecule has 3 aromatic rings. The third-order valence-electron chi connectivity index (χ3n) is 5.09. The van der Waals surface area contributed by atoms with E-state index in [-0.39, 0.29) is 28.2 Å². The number of ether oxygens (including phenoxy) is 1. The van der Waals surface area contributed by atoms with Crippen molar-refractivity contribution in [2.24, 2.45) is 0 Å². The van der Waals surface area contributed by atoms with E-state index in [1.165, 1.54) is 0 Å². The number of phenols is 1. The molecule has 1 aromatic heterocycles. The second-order valence-corrected chi connectivity index (χ2v) is 8.20. The largest absolute Gasteiger partial charge is 0.504 e. The van der Waals surface area contributed by atoms with Crippen LogP contribution in [-0.4, -0.2) is 32.2 Å². The summed E-state index contributed by atoms with van der Waals surface area (Å²) in [6.45, 7) is 2.68. The van der Waals surface area contributed by atoms with E-state index < -0.39 is 0 Å². The van der Waals surface area contributed by atoms with Gasteiger partial charge in [-0.15, -0.1) is 0 Å². The van der Waals surface area contributed by atoms with Gasteiger partial charge in [-0.05, 0) is 42.7 Å². The van der Waals surface area contributed by atoms with Gasteiger partial charge in [0.2, 0.25) is 5.91 Å². The van der Waals surface area contributed by atoms with Crippen molar-refractivity contribution >= 4 is 33.8 Å². The van der Waals surface area contributed by atoms with E-state index >= 15 is 0 Å². The number of carbonyl (C=O) groups is 2. The first-order valence-corrected chi connectivity index (χ1v) is 10.5. The van der Waals surface area contributed by atoms with Gasteiger partial charge in [-0.3, -0.25) is 14.9 Å². The standard InChI is InChI=1S/C22H22N2O4S/c1-2-15(28-19-9-4-3-8-18(19)25)13-24-11-10-16-14(6-5-7-17(16)24)12-20-21(26)23-22(27)29-20/h3-11,15,20,25H,2,12-13H2,1H3,(H,23,26,27). The predicted molar refractivity (Wildman–Crippen MR) is 113 cm³/mol. The molecule has 0 bridgehead atoms. The van der Waals surface area contributed by atoms with Gasteiger partial charge in [0.15, 0.2) is 11.5 Å². The lowest BCUT2D eigenvalue weighted by atomic mass is 10.0. The van der Waals surface area contributed by atoms with Crippen LogP contribution < -0.4 is 10.1 Å². The van der Waals surface area contributed by atoms with Gasteiger partial charge in [-0.1, -0.05) is 43.0 Å². The molecule has 2 aromatic carbocycles. The molecule has 29 heavy (non-hydrogen) atoms. The molecule has 2 N–H and O–H groups in total.